The van der Waals surface area contributed by atoms with Gasteiger partial charge in [-0.2, -0.15) is 0 Å². The fraction of sp³-hybridized carbons (Fsp3) is 0.154. The van der Waals surface area contributed by atoms with Gasteiger partial charge in [-0.05, 0) is 12.1 Å². The van der Waals surface area contributed by atoms with Crippen LogP contribution in [-0.4, -0.2) is 21.6 Å². The van der Waals surface area contributed by atoms with Crippen LogP contribution in [0.5, 0.6) is 5.75 Å². The Morgan fingerprint density at radius 2 is 2.20 bits per heavy atom. The molecule has 0 saturated carbocycles. The third kappa shape index (κ3) is 2.28. The summed E-state index contributed by atoms with van der Waals surface area (Å²) >= 11 is 7.35. The Bertz CT molecular complexity index is 795. The fourth-order valence-corrected chi connectivity index (χ4v) is 3.04. The van der Waals surface area contributed by atoms with Crippen molar-refractivity contribution in [2.75, 3.05) is 7.11 Å². The molecule has 0 spiro atoms. The molecule has 0 aliphatic rings. The maximum absolute atomic E-state index is 12.1. The fourth-order valence-electron chi connectivity index (χ4n) is 1.87. The highest BCUT2D eigenvalue weighted by Gasteiger charge is 2.12. The molecule has 0 radical (unpaired) electrons. The highest BCUT2D eigenvalue weighted by Crippen LogP contribution is 2.22. The van der Waals surface area contributed by atoms with Crippen molar-refractivity contribution in [3.05, 3.63) is 51.1 Å². The van der Waals surface area contributed by atoms with Crippen LogP contribution in [0.4, 0.5) is 0 Å². The van der Waals surface area contributed by atoms with Gasteiger partial charge in [-0.1, -0.05) is 23.7 Å². The van der Waals surface area contributed by atoms with Crippen molar-refractivity contribution in [1.82, 2.24) is 14.5 Å². The highest BCUT2D eigenvalue weighted by molar-refractivity contribution is 7.18. The molecule has 0 fully saturated rings. The van der Waals surface area contributed by atoms with Crippen LogP contribution >= 0.6 is 22.9 Å². The summed E-state index contributed by atoms with van der Waals surface area (Å²) in [4.78, 5) is 20.6. The number of ether oxygens (including phenoxy) is 1. The molecular weight excluding hydrogens is 298 g/mol. The van der Waals surface area contributed by atoms with E-state index < -0.39 is 0 Å². The molecule has 0 N–H and O–H groups in total. The number of methoxy groups -OCH3 is 1. The van der Waals surface area contributed by atoms with E-state index in [0.717, 1.165) is 15.2 Å². The third-order valence-corrected chi connectivity index (χ3v) is 4.09. The summed E-state index contributed by atoms with van der Waals surface area (Å²) in [6.07, 6.45) is 1.40. The predicted octanol–water partition coefficient (Wildman–Crippen LogP) is 2.56. The molecule has 0 unspecified atom stereocenters. The molecule has 3 rings (SSSR count). The van der Waals surface area contributed by atoms with Gasteiger partial charge < -0.3 is 4.74 Å². The van der Waals surface area contributed by atoms with E-state index in [2.05, 4.69) is 9.97 Å². The van der Waals surface area contributed by atoms with Crippen LogP contribution < -0.4 is 10.3 Å². The Morgan fingerprint density at radius 3 is 2.95 bits per heavy atom. The van der Waals surface area contributed by atoms with Crippen LogP contribution in [0.1, 0.15) is 5.01 Å². The highest BCUT2D eigenvalue weighted by atomic mass is 35.5. The van der Waals surface area contributed by atoms with Crippen LogP contribution in [0.15, 0.2) is 35.4 Å². The molecule has 2 aromatic heterocycles. The zero-order valence-corrected chi connectivity index (χ0v) is 12.1. The minimum atomic E-state index is -0.313. The lowest BCUT2D eigenvalue weighted by molar-refractivity contribution is 0.401. The Kier molecular flexibility index (Phi) is 3.42. The molecule has 102 valence electrons. The average Bonchev–Trinajstić information content (AvgIpc) is 2.85. The lowest BCUT2D eigenvalue weighted by Crippen LogP contribution is -2.22. The second-order valence-corrected chi connectivity index (χ2v) is 5.55. The van der Waals surface area contributed by atoms with Gasteiger partial charge in [0.2, 0.25) is 5.75 Å². The first-order valence-electron chi connectivity index (χ1n) is 5.82. The van der Waals surface area contributed by atoms with E-state index in [4.69, 9.17) is 16.3 Å². The number of nitrogens with zero attached hydrogens (tertiary/aromatic N) is 3. The monoisotopic (exact) mass is 307 g/mol. The number of rotatable bonds is 3. The molecular formula is C13H10ClN3O2S. The Hall–Kier alpha value is -1.92. The number of thiazole rings is 1. The van der Waals surface area contributed by atoms with E-state index in [1.54, 1.807) is 11.3 Å². The van der Waals surface area contributed by atoms with Gasteiger partial charge in [-0.25, -0.2) is 9.97 Å². The van der Waals surface area contributed by atoms with Gasteiger partial charge in [0.25, 0.3) is 5.56 Å². The van der Waals surface area contributed by atoms with Crippen molar-refractivity contribution in [1.29, 1.82) is 0 Å². The summed E-state index contributed by atoms with van der Waals surface area (Å²) in [5.41, 5.74) is 0.612. The zero-order valence-electron chi connectivity index (χ0n) is 10.5. The summed E-state index contributed by atoms with van der Waals surface area (Å²) in [6.45, 7) is 0.346. The van der Waals surface area contributed by atoms with Crippen molar-refractivity contribution < 1.29 is 4.74 Å². The van der Waals surface area contributed by atoms with Gasteiger partial charge in [0.15, 0.2) is 5.15 Å². The molecule has 0 bridgehead atoms. The van der Waals surface area contributed by atoms with E-state index in [1.807, 2.05) is 24.3 Å². The van der Waals surface area contributed by atoms with Gasteiger partial charge in [-0.15, -0.1) is 11.3 Å². The first-order chi connectivity index (χ1) is 9.69. The van der Waals surface area contributed by atoms with Crippen molar-refractivity contribution in [3.8, 4) is 5.75 Å². The molecule has 0 atom stereocenters. The second-order valence-electron chi connectivity index (χ2n) is 4.08. The van der Waals surface area contributed by atoms with Gasteiger partial charge in [0.1, 0.15) is 5.01 Å². The third-order valence-electron chi connectivity index (χ3n) is 2.80. The van der Waals surface area contributed by atoms with E-state index in [0.29, 0.717) is 6.54 Å². The summed E-state index contributed by atoms with van der Waals surface area (Å²) in [6, 6.07) is 7.84. The van der Waals surface area contributed by atoms with Crippen LogP contribution in [-0.2, 0) is 6.54 Å². The van der Waals surface area contributed by atoms with Crippen molar-refractivity contribution in [2.45, 2.75) is 6.54 Å². The Labute approximate surface area is 123 Å². The molecule has 1 aromatic carbocycles. The zero-order chi connectivity index (χ0) is 14.1. The second kappa shape index (κ2) is 5.22. The first-order valence-corrected chi connectivity index (χ1v) is 7.02. The SMILES string of the molecule is COc1c(Cl)ncn(Cc2nc3ccccc3s2)c1=O. The first kappa shape index (κ1) is 13.1. The smallest absolute Gasteiger partial charge is 0.297 e. The molecule has 20 heavy (non-hydrogen) atoms. The molecule has 0 aliphatic heterocycles. The molecule has 3 aromatic rings. The molecule has 0 saturated heterocycles. The Morgan fingerprint density at radius 1 is 1.40 bits per heavy atom. The number of hydrogen-bond acceptors (Lipinski definition) is 5. The number of halogens is 1. The summed E-state index contributed by atoms with van der Waals surface area (Å²) in [5, 5.41) is 0.900. The predicted molar refractivity (Wildman–Crippen MR) is 78.8 cm³/mol. The molecule has 0 amide bonds. The summed E-state index contributed by atoms with van der Waals surface area (Å²) in [5.74, 6) is 0.0512. The van der Waals surface area contributed by atoms with Crippen LogP contribution in [0.3, 0.4) is 0 Å². The molecule has 2 heterocycles. The van der Waals surface area contributed by atoms with Gasteiger partial charge in [0.05, 0.1) is 30.2 Å². The van der Waals surface area contributed by atoms with E-state index in [-0.39, 0.29) is 16.5 Å². The molecule has 7 heteroatoms. The number of fused-ring (bicyclic) bond motifs is 1. The Balaban J connectivity index is 2.01. The maximum Gasteiger partial charge on any atom is 0.297 e. The van der Waals surface area contributed by atoms with Crippen molar-refractivity contribution >= 4 is 33.2 Å². The van der Waals surface area contributed by atoms with Gasteiger partial charge in [-0.3, -0.25) is 9.36 Å². The molecule has 5 nitrogen and oxygen atoms in total. The number of para-hydroxylation sites is 1. The minimum absolute atomic E-state index is 0.0512. The van der Waals surface area contributed by atoms with Crippen molar-refractivity contribution in [3.63, 3.8) is 0 Å². The summed E-state index contributed by atoms with van der Waals surface area (Å²) < 4.78 is 7.49. The van der Waals surface area contributed by atoms with Crippen LogP contribution in [0.25, 0.3) is 10.2 Å². The van der Waals surface area contributed by atoms with E-state index in [1.165, 1.54) is 18.0 Å². The quantitative estimate of drug-likeness (QED) is 0.698. The lowest BCUT2D eigenvalue weighted by atomic mass is 10.3. The topological polar surface area (TPSA) is 57.0 Å². The maximum atomic E-state index is 12.1. The largest absolute Gasteiger partial charge is 0.489 e. The number of aromatic nitrogens is 3. The number of benzene rings is 1. The van der Waals surface area contributed by atoms with Gasteiger partial charge in [0, 0.05) is 0 Å². The van der Waals surface area contributed by atoms with Crippen molar-refractivity contribution in [2.24, 2.45) is 0 Å². The lowest BCUT2D eigenvalue weighted by Gasteiger charge is -2.06. The molecule has 0 aliphatic carbocycles. The number of hydrogen-bond donors (Lipinski definition) is 0. The van der Waals surface area contributed by atoms with Crippen LogP contribution in [0.2, 0.25) is 5.15 Å². The standard InChI is InChI=1S/C13H10ClN3O2S/c1-19-11-12(14)15-7-17(13(11)18)6-10-16-8-4-2-3-5-9(8)20-10/h2-5,7H,6H2,1H3. The minimum Gasteiger partial charge on any atom is -0.489 e. The van der Waals surface area contributed by atoms with E-state index in [9.17, 15) is 4.79 Å². The van der Waals surface area contributed by atoms with Crippen LogP contribution in [0, 0.1) is 0 Å². The van der Waals surface area contributed by atoms with Gasteiger partial charge >= 0.3 is 0 Å². The normalized spacial score (nSPS) is 10.9. The average molecular weight is 308 g/mol. The van der Waals surface area contributed by atoms with E-state index >= 15 is 0 Å². The summed E-state index contributed by atoms with van der Waals surface area (Å²) in [7, 11) is 1.40.